The van der Waals surface area contributed by atoms with E-state index in [0.29, 0.717) is 36.4 Å². The molecular weight excluding hydrogens is 525 g/mol. The standard InChI is InChI=1S/C29H27F3N4O4/c1-16-19(17-6-3-2-4-7-17)13-21(26(38)36(16)15-29(30,31)32)34-25(37)23-12-18-14-28(10-9-22(18)40-23)20-8-5-11-33-24(20)35-27(28)39/h2-8,11-12,16,19,21H,9-10,13-15H2,1H3,(H,34,37)(H,33,35,39)/t16-,19-,21+,28-/m0/s1. The summed E-state index contributed by atoms with van der Waals surface area (Å²) in [5.74, 6) is -0.981. The van der Waals surface area contributed by atoms with Gasteiger partial charge in [0.05, 0.1) is 5.41 Å². The molecule has 1 aliphatic carbocycles. The summed E-state index contributed by atoms with van der Waals surface area (Å²) in [6.07, 6.45) is -1.62. The minimum atomic E-state index is -4.59. The van der Waals surface area contributed by atoms with Crippen LogP contribution in [0.1, 0.15) is 58.7 Å². The van der Waals surface area contributed by atoms with Crippen LogP contribution in [0.15, 0.2) is 59.1 Å². The Labute approximate surface area is 227 Å². The average Bonchev–Trinajstić information content (AvgIpc) is 3.47. The number of aryl methyl sites for hydroxylation is 1. The second kappa shape index (κ2) is 9.50. The number of nitrogens with one attached hydrogen (secondary N) is 2. The van der Waals surface area contributed by atoms with Gasteiger partial charge in [0.25, 0.3) is 5.91 Å². The van der Waals surface area contributed by atoms with Crippen LogP contribution in [0, 0.1) is 0 Å². The van der Waals surface area contributed by atoms with Gasteiger partial charge in [-0.1, -0.05) is 36.4 Å². The van der Waals surface area contributed by atoms with Crippen molar-refractivity contribution in [3.63, 3.8) is 0 Å². The Bertz CT molecular complexity index is 1490. The lowest BCUT2D eigenvalue weighted by Crippen LogP contribution is -2.59. The molecule has 11 heteroatoms. The highest BCUT2D eigenvalue weighted by Crippen LogP contribution is 2.46. The van der Waals surface area contributed by atoms with Crippen molar-refractivity contribution in [2.45, 2.75) is 62.2 Å². The van der Waals surface area contributed by atoms with E-state index >= 15 is 0 Å². The van der Waals surface area contributed by atoms with Crippen molar-refractivity contribution >= 4 is 23.5 Å². The molecular formula is C29H27F3N4O4. The number of anilines is 1. The molecule has 40 heavy (non-hydrogen) atoms. The number of rotatable bonds is 4. The molecule has 208 valence electrons. The minimum absolute atomic E-state index is 0.0445. The first kappa shape index (κ1) is 26.1. The fourth-order valence-corrected chi connectivity index (χ4v) is 6.39. The molecule has 0 radical (unpaired) electrons. The molecule has 0 bridgehead atoms. The van der Waals surface area contributed by atoms with Crippen LogP contribution in [0.5, 0.6) is 0 Å². The highest BCUT2D eigenvalue weighted by molar-refractivity contribution is 6.05. The third-order valence-electron chi connectivity index (χ3n) is 8.41. The Balaban J connectivity index is 1.24. The van der Waals surface area contributed by atoms with E-state index in [1.165, 1.54) is 0 Å². The van der Waals surface area contributed by atoms with Gasteiger partial charge in [0.15, 0.2) is 5.76 Å². The molecule has 1 aromatic carbocycles. The zero-order chi connectivity index (χ0) is 28.2. The normalized spacial score (nSPS) is 25.9. The van der Waals surface area contributed by atoms with Crippen molar-refractivity contribution < 1.29 is 32.0 Å². The number of hydrogen-bond donors (Lipinski definition) is 2. The maximum Gasteiger partial charge on any atom is 0.406 e. The van der Waals surface area contributed by atoms with Gasteiger partial charge < -0.3 is 20.0 Å². The fraction of sp³-hybridized carbons (Fsp3) is 0.379. The van der Waals surface area contributed by atoms with Gasteiger partial charge in [-0.15, -0.1) is 0 Å². The summed E-state index contributed by atoms with van der Waals surface area (Å²) in [6.45, 7) is 0.195. The number of halogens is 3. The van der Waals surface area contributed by atoms with Gasteiger partial charge in [-0.3, -0.25) is 14.4 Å². The summed E-state index contributed by atoms with van der Waals surface area (Å²) in [5, 5.41) is 5.47. The first-order chi connectivity index (χ1) is 19.1. The molecule has 3 aliphatic rings. The van der Waals surface area contributed by atoms with Crippen LogP contribution in [-0.2, 0) is 27.8 Å². The first-order valence-corrected chi connectivity index (χ1v) is 13.2. The van der Waals surface area contributed by atoms with Crippen LogP contribution < -0.4 is 10.6 Å². The summed E-state index contributed by atoms with van der Waals surface area (Å²) >= 11 is 0. The molecule has 4 atom stereocenters. The number of hydrogen-bond acceptors (Lipinski definition) is 5. The van der Waals surface area contributed by atoms with Gasteiger partial charge >= 0.3 is 6.18 Å². The largest absolute Gasteiger partial charge is 0.456 e. The van der Waals surface area contributed by atoms with Gasteiger partial charge in [-0.25, -0.2) is 4.98 Å². The Hall–Kier alpha value is -4.15. The Morgan fingerprint density at radius 2 is 1.98 bits per heavy atom. The van der Waals surface area contributed by atoms with Gasteiger partial charge in [-0.05, 0) is 49.4 Å². The quantitative estimate of drug-likeness (QED) is 0.507. The van der Waals surface area contributed by atoms with E-state index in [0.717, 1.165) is 16.0 Å². The highest BCUT2D eigenvalue weighted by atomic mass is 19.4. The fourth-order valence-electron chi connectivity index (χ4n) is 6.39. The number of likely N-dealkylation sites (tertiary alicyclic amines) is 1. The van der Waals surface area contributed by atoms with Gasteiger partial charge in [0.1, 0.15) is 24.2 Å². The van der Waals surface area contributed by atoms with E-state index in [1.807, 2.05) is 24.3 Å². The molecule has 1 spiro atoms. The summed E-state index contributed by atoms with van der Waals surface area (Å²) in [7, 11) is 0. The van der Waals surface area contributed by atoms with Crippen LogP contribution >= 0.6 is 0 Å². The van der Waals surface area contributed by atoms with Crippen LogP contribution in [0.25, 0.3) is 0 Å². The van der Waals surface area contributed by atoms with Crippen molar-refractivity contribution in [1.82, 2.24) is 15.2 Å². The van der Waals surface area contributed by atoms with Gasteiger partial charge in [-0.2, -0.15) is 13.2 Å². The van der Waals surface area contributed by atoms with E-state index < -0.39 is 48.0 Å². The van der Waals surface area contributed by atoms with E-state index in [4.69, 9.17) is 4.42 Å². The van der Waals surface area contributed by atoms with Gasteiger partial charge in [0.2, 0.25) is 11.8 Å². The SMILES string of the molecule is C[C@H]1[C@@H](c2ccccc2)C[C@@H](NC(=O)c2cc3c(o2)CC[C@@]2(C3)C(=O)Nc3ncccc32)C(=O)N1CC(F)(F)F. The summed E-state index contributed by atoms with van der Waals surface area (Å²) < 4.78 is 46.1. The molecule has 2 aliphatic heterocycles. The average molecular weight is 553 g/mol. The number of pyridine rings is 1. The maximum absolute atomic E-state index is 13.4. The number of furan rings is 1. The van der Waals surface area contributed by atoms with Crippen LogP contribution in [0.4, 0.5) is 19.0 Å². The monoisotopic (exact) mass is 552 g/mol. The number of piperidine rings is 1. The third kappa shape index (κ3) is 4.43. The number of amides is 3. The smallest absolute Gasteiger partial charge is 0.406 e. The van der Waals surface area contributed by atoms with Crippen molar-refractivity contribution in [1.29, 1.82) is 0 Å². The number of carbonyl (C=O) groups excluding carboxylic acids is 3. The second-order valence-electron chi connectivity index (χ2n) is 10.8. The van der Waals surface area contributed by atoms with Gasteiger partial charge in [0, 0.05) is 30.1 Å². The molecule has 1 saturated heterocycles. The van der Waals surface area contributed by atoms with Crippen LogP contribution in [0.2, 0.25) is 0 Å². The Kier molecular flexibility index (Phi) is 6.19. The lowest BCUT2D eigenvalue weighted by atomic mass is 9.70. The number of nitrogens with zero attached hydrogens (tertiary/aromatic N) is 2. The number of benzene rings is 1. The summed E-state index contributed by atoms with van der Waals surface area (Å²) in [5.41, 5.74) is 1.48. The van der Waals surface area contributed by atoms with Crippen molar-refractivity contribution in [2.24, 2.45) is 0 Å². The highest BCUT2D eigenvalue weighted by Gasteiger charge is 2.50. The summed E-state index contributed by atoms with van der Waals surface area (Å²) in [6, 6.07) is 12.3. The molecule has 6 rings (SSSR count). The van der Waals surface area contributed by atoms with E-state index in [-0.39, 0.29) is 18.1 Å². The molecule has 4 heterocycles. The predicted octanol–water partition coefficient (Wildman–Crippen LogP) is 4.12. The molecule has 1 fully saturated rings. The molecule has 2 N–H and O–H groups in total. The second-order valence-corrected chi connectivity index (χ2v) is 10.8. The topological polar surface area (TPSA) is 105 Å². The number of aromatic nitrogens is 1. The van der Waals surface area contributed by atoms with E-state index in [1.54, 1.807) is 37.4 Å². The lowest BCUT2D eigenvalue weighted by molar-refractivity contribution is -0.170. The minimum Gasteiger partial charge on any atom is -0.456 e. The molecule has 0 unspecified atom stereocenters. The molecule has 2 aromatic heterocycles. The lowest BCUT2D eigenvalue weighted by Gasteiger charge is -2.43. The van der Waals surface area contributed by atoms with Crippen molar-refractivity contribution in [3.05, 3.63) is 82.9 Å². The molecule has 3 amide bonds. The zero-order valence-corrected chi connectivity index (χ0v) is 21.6. The Morgan fingerprint density at radius 1 is 1.20 bits per heavy atom. The van der Waals surface area contributed by atoms with Crippen LogP contribution in [-0.4, -0.2) is 52.4 Å². The number of carbonyl (C=O) groups is 3. The first-order valence-electron chi connectivity index (χ1n) is 13.2. The predicted molar refractivity (Wildman–Crippen MR) is 138 cm³/mol. The van der Waals surface area contributed by atoms with Crippen molar-refractivity contribution in [3.8, 4) is 0 Å². The molecule has 8 nitrogen and oxygen atoms in total. The molecule has 3 aromatic rings. The third-order valence-corrected chi connectivity index (χ3v) is 8.41. The van der Waals surface area contributed by atoms with Crippen LogP contribution in [0.3, 0.4) is 0 Å². The zero-order valence-electron chi connectivity index (χ0n) is 21.6. The summed E-state index contributed by atoms with van der Waals surface area (Å²) in [4.78, 5) is 44.5. The maximum atomic E-state index is 13.4. The Morgan fingerprint density at radius 3 is 2.73 bits per heavy atom. The van der Waals surface area contributed by atoms with E-state index in [2.05, 4.69) is 15.6 Å². The number of fused-ring (bicyclic) bond motifs is 3. The molecule has 0 saturated carbocycles. The number of alkyl halides is 3. The van der Waals surface area contributed by atoms with Crippen molar-refractivity contribution in [2.75, 3.05) is 11.9 Å². The van der Waals surface area contributed by atoms with E-state index in [9.17, 15) is 27.6 Å².